The van der Waals surface area contributed by atoms with Gasteiger partial charge in [0.05, 0.1) is 0 Å². The number of hydrogen-bond acceptors (Lipinski definition) is 2. The Morgan fingerprint density at radius 3 is 2.17 bits per heavy atom. The monoisotopic (exact) mass is 421 g/mol. The van der Waals surface area contributed by atoms with Crippen LogP contribution in [-0.4, -0.2) is 11.7 Å². The Morgan fingerprint density at radius 2 is 1.57 bits per heavy atom. The van der Waals surface area contributed by atoms with Crippen molar-refractivity contribution in [3.8, 4) is 0 Å². The van der Waals surface area contributed by atoms with Gasteiger partial charge in [0.1, 0.15) is 0 Å². The van der Waals surface area contributed by atoms with Crippen molar-refractivity contribution in [3.63, 3.8) is 0 Å². The van der Waals surface area contributed by atoms with Crippen molar-refractivity contribution in [2.24, 2.45) is 0 Å². The Kier molecular flexibility index (Phi) is 6.77. The quantitative estimate of drug-likeness (QED) is 0.540. The minimum absolute atomic E-state index is 0.0520. The Bertz CT molecular complexity index is 663. The van der Waals surface area contributed by atoms with E-state index in [0.29, 0.717) is 18.5 Å². The predicted molar refractivity (Wildman–Crippen MR) is 100 cm³/mol. The van der Waals surface area contributed by atoms with E-state index in [0.717, 1.165) is 18.4 Å². The average molecular weight is 421 g/mol. The fourth-order valence-electron chi connectivity index (χ4n) is 2.25. The number of carbonyl (C=O) groups is 2. The maximum Gasteiger partial charge on any atom is 0.220 e. The van der Waals surface area contributed by atoms with Gasteiger partial charge in [0.25, 0.3) is 0 Å². The molecule has 4 heteroatoms. The van der Waals surface area contributed by atoms with E-state index in [2.05, 4.69) is 52.2 Å². The number of nitrogens with one attached hydrogen (secondary N) is 1. The van der Waals surface area contributed by atoms with Crippen molar-refractivity contribution in [1.29, 1.82) is 0 Å². The number of benzene rings is 2. The molecule has 0 spiro atoms. The Labute approximate surface area is 150 Å². The maximum atomic E-state index is 11.9. The van der Waals surface area contributed by atoms with Gasteiger partial charge in [-0.1, -0.05) is 36.4 Å². The van der Waals surface area contributed by atoms with Crippen LogP contribution in [0.25, 0.3) is 0 Å². The van der Waals surface area contributed by atoms with Crippen LogP contribution in [0.2, 0.25) is 0 Å². The highest BCUT2D eigenvalue weighted by molar-refractivity contribution is 14.1. The molecule has 2 aromatic carbocycles. The molecule has 120 valence electrons. The second-order valence-corrected chi connectivity index (χ2v) is 6.76. The van der Waals surface area contributed by atoms with Crippen LogP contribution < -0.4 is 5.32 Å². The summed E-state index contributed by atoms with van der Waals surface area (Å²) in [5, 5.41) is 2.92. The first-order chi connectivity index (χ1) is 11.0. The minimum Gasteiger partial charge on any atom is -0.352 e. The third-order valence-electron chi connectivity index (χ3n) is 3.63. The lowest BCUT2D eigenvalue weighted by atomic mass is 10.1. The molecule has 0 aromatic heterocycles. The van der Waals surface area contributed by atoms with Gasteiger partial charge in [-0.05, 0) is 65.6 Å². The number of hydrogen-bond donors (Lipinski definition) is 1. The number of aryl methyl sites for hydroxylation is 1. The SMILES string of the molecule is CC(=O)c1ccc(CNC(=O)CCCc2ccc(I)cc2)cc1. The standard InChI is InChI=1S/C19H20INO2/c1-14(22)17-9-5-16(6-10-17)13-21-19(23)4-2-3-15-7-11-18(20)12-8-15/h5-12H,2-4,13H2,1H3,(H,21,23). The number of rotatable bonds is 7. The lowest BCUT2D eigenvalue weighted by molar-refractivity contribution is -0.121. The molecule has 0 unspecified atom stereocenters. The van der Waals surface area contributed by atoms with E-state index in [9.17, 15) is 9.59 Å². The van der Waals surface area contributed by atoms with Crippen molar-refractivity contribution in [2.45, 2.75) is 32.7 Å². The van der Waals surface area contributed by atoms with Gasteiger partial charge >= 0.3 is 0 Å². The summed E-state index contributed by atoms with van der Waals surface area (Å²) in [6, 6.07) is 15.7. The van der Waals surface area contributed by atoms with Crippen LogP contribution in [-0.2, 0) is 17.8 Å². The summed E-state index contributed by atoms with van der Waals surface area (Å²) in [4.78, 5) is 23.1. The highest BCUT2D eigenvalue weighted by Gasteiger charge is 2.03. The van der Waals surface area contributed by atoms with Gasteiger partial charge in [0.2, 0.25) is 5.91 Å². The van der Waals surface area contributed by atoms with Crippen molar-refractivity contribution < 1.29 is 9.59 Å². The molecule has 1 N–H and O–H groups in total. The zero-order valence-corrected chi connectivity index (χ0v) is 15.3. The van der Waals surface area contributed by atoms with Gasteiger partial charge in [-0.3, -0.25) is 9.59 Å². The maximum absolute atomic E-state index is 11.9. The first kappa shape index (κ1) is 17.7. The lowest BCUT2D eigenvalue weighted by Crippen LogP contribution is -2.22. The van der Waals surface area contributed by atoms with E-state index in [-0.39, 0.29) is 11.7 Å². The first-order valence-corrected chi connectivity index (χ1v) is 8.73. The van der Waals surface area contributed by atoms with Gasteiger partial charge in [-0.25, -0.2) is 0 Å². The number of amides is 1. The molecule has 0 aliphatic heterocycles. The highest BCUT2D eigenvalue weighted by atomic mass is 127. The van der Waals surface area contributed by atoms with Gasteiger partial charge in [-0.2, -0.15) is 0 Å². The van der Waals surface area contributed by atoms with E-state index in [1.54, 1.807) is 19.1 Å². The van der Waals surface area contributed by atoms with E-state index in [1.165, 1.54) is 9.13 Å². The second kappa shape index (κ2) is 8.82. The van der Waals surface area contributed by atoms with Gasteiger partial charge in [-0.15, -0.1) is 0 Å². The van der Waals surface area contributed by atoms with Crippen LogP contribution in [0.5, 0.6) is 0 Å². The van der Waals surface area contributed by atoms with Crippen LogP contribution in [0, 0.1) is 3.57 Å². The van der Waals surface area contributed by atoms with Gasteiger partial charge < -0.3 is 5.32 Å². The molecule has 0 aliphatic carbocycles. The molecule has 2 rings (SSSR count). The highest BCUT2D eigenvalue weighted by Crippen LogP contribution is 2.10. The topological polar surface area (TPSA) is 46.2 Å². The molecular formula is C19H20INO2. The van der Waals surface area contributed by atoms with E-state index >= 15 is 0 Å². The van der Waals surface area contributed by atoms with Crippen LogP contribution in [0.1, 0.15) is 41.3 Å². The van der Waals surface area contributed by atoms with Crippen LogP contribution in [0.4, 0.5) is 0 Å². The molecule has 0 saturated carbocycles. The zero-order chi connectivity index (χ0) is 16.7. The summed E-state index contributed by atoms with van der Waals surface area (Å²) in [7, 11) is 0. The molecule has 0 saturated heterocycles. The normalized spacial score (nSPS) is 10.3. The van der Waals surface area contributed by atoms with Crippen molar-refractivity contribution in [2.75, 3.05) is 0 Å². The smallest absolute Gasteiger partial charge is 0.220 e. The molecule has 0 fully saturated rings. The van der Waals surface area contributed by atoms with Gasteiger partial charge in [0, 0.05) is 22.1 Å². The van der Waals surface area contributed by atoms with Gasteiger partial charge in [0.15, 0.2) is 5.78 Å². The number of carbonyl (C=O) groups excluding carboxylic acids is 2. The molecular weight excluding hydrogens is 401 g/mol. The molecule has 0 bridgehead atoms. The van der Waals surface area contributed by atoms with Crippen LogP contribution in [0.3, 0.4) is 0 Å². The average Bonchev–Trinajstić information content (AvgIpc) is 2.55. The third kappa shape index (κ3) is 6.14. The first-order valence-electron chi connectivity index (χ1n) is 7.65. The fourth-order valence-corrected chi connectivity index (χ4v) is 2.61. The molecule has 0 heterocycles. The molecule has 0 aliphatic rings. The molecule has 0 radical (unpaired) electrons. The summed E-state index contributed by atoms with van der Waals surface area (Å²) < 4.78 is 1.22. The fraction of sp³-hybridized carbons (Fsp3) is 0.263. The van der Waals surface area contributed by atoms with Crippen molar-refractivity contribution in [3.05, 3.63) is 68.8 Å². The molecule has 23 heavy (non-hydrogen) atoms. The predicted octanol–water partition coefficient (Wildman–Crippen LogP) is 4.13. The second-order valence-electron chi connectivity index (χ2n) is 5.51. The van der Waals surface area contributed by atoms with Crippen LogP contribution >= 0.6 is 22.6 Å². The Hall–Kier alpha value is -1.69. The summed E-state index contributed by atoms with van der Waals surface area (Å²) >= 11 is 2.28. The van der Waals surface area contributed by atoms with E-state index < -0.39 is 0 Å². The Morgan fingerprint density at radius 1 is 0.957 bits per heavy atom. The third-order valence-corrected chi connectivity index (χ3v) is 4.35. The largest absolute Gasteiger partial charge is 0.352 e. The van der Waals surface area contributed by atoms with E-state index in [1.807, 2.05) is 12.1 Å². The summed E-state index contributed by atoms with van der Waals surface area (Å²) in [5.41, 5.74) is 2.96. The number of Topliss-reactive ketones (excluding diaryl/α,β-unsaturated/α-hetero) is 1. The Balaban J connectivity index is 1.70. The van der Waals surface area contributed by atoms with Crippen LogP contribution in [0.15, 0.2) is 48.5 Å². The lowest BCUT2D eigenvalue weighted by Gasteiger charge is -2.06. The summed E-state index contributed by atoms with van der Waals surface area (Å²) in [6.07, 6.45) is 2.28. The van der Waals surface area contributed by atoms with Crippen molar-refractivity contribution in [1.82, 2.24) is 5.32 Å². The summed E-state index contributed by atoms with van der Waals surface area (Å²) in [5.74, 6) is 0.113. The molecule has 2 aromatic rings. The summed E-state index contributed by atoms with van der Waals surface area (Å²) in [6.45, 7) is 2.05. The number of halogens is 1. The number of ketones is 1. The minimum atomic E-state index is 0.0520. The molecule has 0 atom stereocenters. The molecule has 1 amide bonds. The van der Waals surface area contributed by atoms with E-state index in [4.69, 9.17) is 0 Å². The zero-order valence-electron chi connectivity index (χ0n) is 13.1. The molecule has 3 nitrogen and oxygen atoms in total. The van der Waals surface area contributed by atoms with Crippen molar-refractivity contribution >= 4 is 34.3 Å².